The van der Waals surface area contributed by atoms with Crippen LogP contribution in [0.3, 0.4) is 0 Å². The Morgan fingerprint density at radius 3 is 1.63 bits per heavy atom. The third-order valence-corrected chi connectivity index (χ3v) is 7.37. The van der Waals surface area contributed by atoms with Gasteiger partial charge in [-0.1, -0.05) is 120 Å². The highest BCUT2D eigenvalue weighted by Gasteiger charge is 2.25. The van der Waals surface area contributed by atoms with Crippen molar-refractivity contribution in [3.05, 3.63) is 59.7 Å². The third-order valence-electron chi connectivity index (χ3n) is 7.37. The van der Waals surface area contributed by atoms with Gasteiger partial charge in [0.05, 0.1) is 6.10 Å². The second kappa shape index (κ2) is 20.0. The summed E-state index contributed by atoms with van der Waals surface area (Å²) >= 11 is 0. The van der Waals surface area contributed by atoms with E-state index >= 15 is 0 Å². The Kier molecular flexibility index (Phi) is 19.0. The number of phenolic OH excluding ortho intramolecular Hbond substituents is 1. The molecule has 0 saturated heterocycles. The molecule has 236 valence electrons. The molecule has 2 aromatic carbocycles. The predicted molar refractivity (Wildman–Crippen MR) is 180 cm³/mol. The van der Waals surface area contributed by atoms with Crippen molar-refractivity contribution in [1.29, 1.82) is 0 Å². The van der Waals surface area contributed by atoms with Crippen LogP contribution >= 0.6 is 0 Å². The molecule has 41 heavy (non-hydrogen) atoms. The van der Waals surface area contributed by atoms with Crippen molar-refractivity contribution in [2.75, 3.05) is 0 Å². The van der Waals surface area contributed by atoms with Crippen LogP contribution in [0.1, 0.15) is 158 Å². The molecule has 0 spiro atoms. The fraction of sp³-hybridized carbons (Fsp3) is 0.684. The molecule has 4 atom stereocenters. The monoisotopic (exact) mass is 571 g/mol. The van der Waals surface area contributed by atoms with E-state index in [4.69, 9.17) is 9.47 Å². The number of hydrogen-bond donors (Lipinski definition) is 1. The minimum atomic E-state index is -0.207. The lowest BCUT2D eigenvalue weighted by Gasteiger charge is -2.31. The zero-order valence-electron chi connectivity index (χ0n) is 29.1. The summed E-state index contributed by atoms with van der Waals surface area (Å²) in [6, 6.07) is 16.2. The molecule has 0 amide bonds. The Labute approximate surface area is 255 Å². The molecular weight excluding hydrogens is 504 g/mol. The van der Waals surface area contributed by atoms with E-state index in [0.29, 0.717) is 29.1 Å². The van der Waals surface area contributed by atoms with E-state index in [1.807, 2.05) is 32.9 Å². The van der Waals surface area contributed by atoms with Crippen molar-refractivity contribution in [1.82, 2.24) is 0 Å². The molecule has 4 unspecified atom stereocenters. The topological polar surface area (TPSA) is 38.7 Å². The van der Waals surface area contributed by atoms with Crippen molar-refractivity contribution in [3.8, 4) is 11.5 Å². The average molecular weight is 571 g/mol. The van der Waals surface area contributed by atoms with Crippen LogP contribution in [0.25, 0.3) is 0 Å². The summed E-state index contributed by atoms with van der Waals surface area (Å²) in [4.78, 5) is 0. The van der Waals surface area contributed by atoms with Crippen molar-refractivity contribution in [2.24, 2.45) is 10.8 Å². The second-order valence-electron chi connectivity index (χ2n) is 13.4. The number of hydrogen-bond acceptors (Lipinski definition) is 3. The van der Waals surface area contributed by atoms with Gasteiger partial charge in [0.15, 0.2) is 6.29 Å². The first-order valence-electron chi connectivity index (χ1n) is 16.4. The van der Waals surface area contributed by atoms with E-state index in [1.54, 1.807) is 12.1 Å². The van der Waals surface area contributed by atoms with Gasteiger partial charge in [-0.05, 0) is 97.1 Å². The van der Waals surface area contributed by atoms with Crippen LogP contribution in [-0.2, 0) is 4.74 Å². The van der Waals surface area contributed by atoms with Gasteiger partial charge in [-0.25, -0.2) is 0 Å². The van der Waals surface area contributed by atoms with Crippen LogP contribution < -0.4 is 4.74 Å². The van der Waals surface area contributed by atoms with E-state index in [9.17, 15) is 5.11 Å². The zero-order chi connectivity index (χ0) is 31.6. The molecule has 0 aliphatic heterocycles. The van der Waals surface area contributed by atoms with Gasteiger partial charge in [-0.15, -0.1) is 0 Å². The molecule has 0 heterocycles. The molecule has 0 aromatic heterocycles. The van der Waals surface area contributed by atoms with Crippen LogP contribution in [0.2, 0.25) is 0 Å². The molecule has 0 bridgehead atoms. The molecule has 0 radical (unpaired) electrons. The molecule has 2 rings (SSSR count). The third kappa shape index (κ3) is 16.3. The molecule has 3 heteroatoms. The van der Waals surface area contributed by atoms with Crippen LogP contribution in [0.15, 0.2) is 48.5 Å². The number of rotatable bonds is 13. The van der Waals surface area contributed by atoms with Crippen LogP contribution in [0.4, 0.5) is 0 Å². The van der Waals surface area contributed by atoms with E-state index in [-0.39, 0.29) is 11.7 Å². The molecule has 3 nitrogen and oxygen atoms in total. The molecule has 0 saturated carbocycles. The minimum Gasteiger partial charge on any atom is -0.508 e. The summed E-state index contributed by atoms with van der Waals surface area (Å²) in [6.45, 7) is 28.6. The maximum Gasteiger partial charge on any atom is 0.197 e. The lowest BCUT2D eigenvalue weighted by atomic mass is 9.74. The fourth-order valence-corrected chi connectivity index (χ4v) is 5.33. The summed E-state index contributed by atoms with van der Waals surface area (Å²) in [5.41, 5.74) is 3.38. The maximum atomic E-state index is 9.24. The van der Waals surface area contributed by atoms with Gasteiger partial charge in [-0.3, -0.25) is 0 Å². The zero-order valence-corrected chi connectivity index (χ0v) is 29.1. The first-order chi connectivity index (χ1) is 19.2. The van der Waals surface area contributed by atoms with Crippen LogP contribution in [0, 0.1) is 10.8 Å². The lowest BCUT2D eigenvalue weighted by Crippen LogP contribution is -2.24. The Morgan fingerprint density at radius 1 is 0.707 bits per heavy atom. The highest BCUT2D eigenvalue weighted by atomic mass is 16.7. The molecular formula is C38H66O3. The summed E-state index contributed by atoms with van der Waals surface area (Å²) < 4.78 is 11.9. The lowest BCUT2D eigenvalue weighted by molar-refractivity contribution is -0.110. The number of ether oxygens (including phenoxy) is 2. The van der Waals surface area contributed by atoms with Crippen molar-refractivity contribution in [2.45, 2.75) is 159 Å². The van der Waals surface area contributed by atoms with Crippen LogP contribution in [0.5, 0.6) is 11.5 Å². The Morgan fingerprint density at radius 2 is 1.22 bits per heavy atom. The number of phenols is 1. The van der Waals surface area contributed by atoms with Gasteiger partial charge in [-0.2, -0.15) is 0 Å². The van der Waals surface area contributed by atoms with Gasteiger partial charge in [0, 0.05) is 0 Å². The van der Waals surface area contributed by atoms with Crippen molar-refractivity contribution >= 4 is 0 Å². The summed E-state index contributed by atoms with van der Waals surface area (Å²) in [5, 5.41) is 9.24. The first kappa shape index (κ1) is 39.0. The Balaban J connectivity index is 0.000000806. The SMILES string of the molecule is CC.CCC(CC(C)(C)C)c1ccc(O)cc1.CCCC(CC)OC(C)Oc1ccc(C(CCC)C(C)(C)C)cc1. The minimum absolute atomic E-state index is 0.207. The van der Waals surface area contributed by atoms with Gasteiger partial charge < -0.3 is 14.6 Å². The Hall–Kier alpha value is -2.00. The predicted octanol–water partition coefficient (Wildman–Crippen LogP) is 12.3. The normalized spacial score (nSPS) is 14.5. The molecule has 0 aliphatic rings. The quantitative estimate of drug-likeness (QED) is 0.243. The number of aromatic hydroxyl groups is 1. The second-order valence-corrected chi connectivity index (χ2v) is 13.4. The summed E-state index contributed by atoms with van der Waals surface area (Å²) in [7, 11) is 0. The van der Waals surface area contributed by atoms with Crippen molar-refractivity contribution in [3.63, 3.8) is 0 Å². The van der Waals surface area contributed by atoms with E-state index < -0.39 is 0 Å². The summed E-state index contributed by atoms with van der Waals surface area (Å²) in [6.07, 6.45) is 8.12. The van der Waals surface area contributed by atoms with Gasteiger partial charge in [0.25, 0.3) is 0 Å². The smallest absolute Gasteiger partial charge is 0.197 e. The van der Waals surface area contributed by atoms with Gasteiger partial charge >= 0.3 is 0 Å². The first-order valence-corrected chi connectivity index (χ1v) is 16.4. The van der Waals surface area contributed by atoms with Crippen molar-refractivity contribution < 1.29 is 14.6 Å². The van der Waals surface area contributed by atoms with E-state index in [0.717, 1.165) is 31.4 Å². The van der Waals surface area contributed by atoms with Gasteiger partial charge in [0.2, 0.25) is 0 Å². The Bertz CT molecular complexity index is 887. The molecule has 1 N–H and O–H groups in total. The average Bonchev–Trinajstić information content (AvgIpc) is 2.91. The standard InChI is InChI=1S/C22H38O2.C14H22O.C2H6/c1-8-11-19(10-3)23-17(4)24-20-15-13-18(14-16-20)21(12-9-2)22(5,6)7;1-5-11(10-14(2,3)4)12-6-8-13(15)9-7-12;1-2/h13-17,19,21H,8-12H2,1-7H3;6-9,11,15H,5,10H2,1-4H3;1-2H3. The summed E-state index contributed by atoms with van der Waals surface area (Å²) in [5.74, 6) is 2.43. The fourth-order valence-electron chi connectivity index (χ4n) is 5.33. The van der Waals surface area contributed by atoms with Crippen LogP contribution in [-0.4, -0.2) is 17.5 Å². The van der Waals surface area contributed by atoms with E-state index in [1.165, 1.54) is 30.4 Å². The maximum absolute atomic E-state index is 9.24. The highest BCUT2D eigenvalue weighted by molar-refractivity contribution is 5.30. The molecule has 0 aliphatic carbocycles. The largest absolute Gasteiger partial charge is 0.508 e. The van der Waals surface area contributed by atoms with Gasteiger partial charge in [0.1, 0.15) is 11.5 Å². The highest BCUT2D eigenvalue weighted by Crippen LogP contribution is 2.39. The number of benzene rings is 2. The van der Waals surface area contributed by atoms with E-state index in [2.05, 4.69) is 93.5 Å². The molecule has 2 aromatic rings. The molecule has 0 fully saturated rings.